The summed E-state index contributed by atoms with van der Waals surface area (Å²) in [4.78, 5) is 13.9. The third-order valence-corrected chi connectivity index (χ3v) is 1.91. The summed E-state index contributed by atoms with van der Waals surface area (Å²) >= 11 is 0. The Labute approximate surface area is 88.7 Å². The van der Waals surface area contributed by atoms with Gasteiger partial charge in [-0.3, -0.25) is 4.79 Å². The Bertz CT molecular complexity index is 398. The van der Waals surface area contributed by atoms with Gasteiger partial charge in [-0.1, -0.05) is 0 Å². The average molecular weight is 235 g/mol. The molecule has 0 saturated carbocycles. The third kappa shape index (κ3) is 2.85. The molecular formula is C9H8F3NO3. The number of hydrogen-bond acceptors (Lipinski definition) is 3. The van der Waals surface area contributed by atoms with Crippen LogP contribution < -0.4 is 4.74 Å². The lowest BCUT2D eigenvalue weighted by Gasteiger charge is -2.09. The van der Waals surface area contributed by atoms with Crippen molar-refractivity contribution in [2.24, 2.45) is 0 Å². The minimum absolute atomic E-state index is 0.252. The van der Waals surface area contributed by atoms with Crippen LogP contribution in [0, 0.1) is 5.82 Å². The SMILES string of the molecule is CC(C(=O)O)c1cc(OC(F)F)ncc1F. The molecule has 4 nitrogen and oxygen atoms in total. The largest absolute Gasteiger partial charge is 0.481 e. The first kappa shape index (κ1) is 12.3. The molecule has 1 N–H and O–H groups in total. The lowest BCUT2D eigenvalue weighted by molar-refractivity contribution is -0.138. The fourth-order valence-corrected chi connectivity index (χ4v) is 1.05. The summed E-state index contributed by atoms with van der Waals surface area (Å²) < 4.78 is 40.8. The quantitative estimate of drug-likeness (QED) is 0.867. The molecule has 0 spiro atoms. The molecule has 16 heavy (non-hydrogen) atoms. The molecule has 0 radical (unpaired) electrons. The number of carbonyl (C=O) groups is 1. The molecule has 0 aliphatic heterocycles. The van der Waals surface area contributed by atoms with E-state index in [-0.39, 0.29) is 5.56 Å². The van der Waals surface area contributed by atoms with Crippen molar-refractivity contribution in [1.29, 1.82) is 0 Å². The molecule has 0 saturated heterocycles. The Hall–Kier alpha value is -1.79. The Morgan fingerprint density at radius 1 is 1.56 bits per heavy atom. The Kier molecular flexibility index (Phi) is 3.70. The van der Waals surface area contributed by atoms with Gasteiger partial charge in [0.15, 0.2) is 0 Å². The highest BCUT2D eigenvalue weighted by Crippen LogP contribution is 2.23. The molecule has 0 aromatic carbocycles. The van der Waals surface area contributed by atoms with Gasteiger partial charge in [0.1, 0.15) is 5.82 Å². The van der Waals surface area contributed by atoms with Crippen molar-refractivity contribution in [2.45, 2.75) is 19.5 Å². The molecule has 1 atom stereocenters. The second-order valence-corrected chi connectivity index (χ2v) is 2.98. The Morgan fingerprint density at radius 2 is 2.19 bits per heavy atom. The van der Waals surface area contributed by atoms with Crippen molar-refractivity contribution >= 4 is 5.97 Å². The van der Waals surface area contributed by atoms with Crippen molar-refractivity contribution in [2.75, 3.05) is 0 Å². The molecule has 0 fully saturated rings. The number of halogens is 3. The van der Waals surface area contributed by atoms with Gasteiger partial charge in [-0.05, 0) is 6.92 Å². The number of nitrogens with zero attached hydrogens (tertiary/aromatic N) is 1. The molecule has 0 bridgehead atoms. The second-order valence-electron chi connectivity index (χ2n) is 2.98. The number of alkyl halides is 2. The van der Waals surface area contributed by atoms with E-state index in [9.17, 15) is 18.0 Å². The van der Waals surface area contributed by atoms with E-state index in [0.29, 0.717) is 6.20 Å². The van der Waals surface area contributed by atoms with Gasteiger partial charge >= 0.3 is 12.6 Å². The van der Waals surface area contributed by atoms with Gasteiger partial charge in [0.25, 0.3) is 0 Å². The maximum atomic E-state index is 13.1. The molecule has 1 heterocycles. The molecule has 0 amide bonds. The van der Waals surface area contributed by atoms with E-state index in [0.717, 1.165) is 6.07 Å². The lowest BCUT2D eigenvalue weighted by Crippen LogP contribution is -2.11. The molecule has 1 unspecified atom stereocenters. The molecule has 88 valence electrons. The molecule has 0 aliphatic carbocycles. The summed E-state index contributed by atoms with van der Waals surface area (Å²) in [5.74, 6) is -3.83. The van der Waals surface area contributed by atoms with Crippen LogP contribution in [0.1, 0.15) is 18.4 Å². The fraction of sp³-hybridized carbons (Fsp3) is 0.333. The van der Waals surface area contributed by atoms with E-state index in [4.69, 9.17) is 5.11 Å². The molecule has 7 heteroatoms. The summed E-state index contributed by atoms with van der Waals surface area (Å²) in [6, 6.07) is 0.847. The van der Waals surface area contributed by atoms with E-state index in [1.54, 1.807) is 0 Å². The van der Waals surface area contributed by atoms with Crippen LogP contribution in [0.2, 0.25) is 0 Å². The van der Waals surface area contributed by atoms with E-state index < -0.39 is 30.2 Å². The zero-order valence-electron chi connectivity index (χ0n) is 8.15. The summed E-state index contributed by atoms with van der Waals surface area (Å²) in [5.41, 5.74) is -0.252. The first-order valence-electron chi connectivity index (χ1n) is 4.25. The monoisotopic (exact) mass is 235 g/mol. The van der Waals surface area contributed by atoms with Crippen LogP contribution in [0.4, 0.5) is 13.2 Å². The van der Waals surface area contributed by atoms with Crippen LogP contribution in [-0.4, -0.2) is 22.7 Å². The van der Waals surface area contributed by atoms with E-state index in [2.05, 4.69) is 9.72 Å². The smallest absolute Gasteiger partial charge is 0.388 e. The van der Waals surface area contributed by atoms with Crippen molar-refractivity contribution in [3.05, 3.63) is 23.6 Å². The van der Waals surface area contributed by atoms with Gasteiger partial charge < -0.3 is 9.84 Å². The lowest BCUT2D eigenvalue weighted by atomic mass is 10.0. The molecule has 1 rings (SSSR count). The minimum Gasteiger partial charge on any atom is -0.481 e. The molecule has 1 aromatic rings. The Balaban J connectivity index is 3.03. The zero-order valence-corrected chi connectivity index (χ0v) is 8.15. The fourth-order valence-electron chi connectivity index (χ4n) is 1.05. The number of carboxylic acid groups (broad SMARTS) is 1. The summed E-state index contributed by atoms with van der Waals surface area (Å²) in [7, 11) is 0. The molecule has 1 aromatic heterocycles. The third-order valence-electron chi connectivity index (χ3n) is 1.91. The molecule has 0 aliphatic rings. The van der Waals surface area contributed by atoms with Crippen LogP contribution in [0.25, 0.3) is 0 Å². The van der Waals surface area contributed by atoms with Crippen molar-refractivity contribution in [3.63, 3.8) is 0 Å². The van der Waals surface area contributed by atoms with Crippen LogP contribution in [0.15, 0.2) is 12.3 Å². The van der Waals surface area contributed by atoms with Gasteiger partial charge in [0.05, 0.1) is 12.1 Å². The number of aromatic nitrogens is 1. The number of pyridine rings is 1. The summed E-state index contributed by atoms with van der Waals surface area (Å²) in [6.45, 7) is -1.86. The minimum atomic E-state index is -3.09. The number of ether oxygens (including phenoxy) is 1. The maximum Gasteiger partial charge on any atom is 0.388 e. The van der Waals surface area contributed by atoms with Crippen LogP contribution >= 0.6 is 0 Å². The topological polar surface area (TPSA) is 59.4 Å². The van der Waals surface area contributed by atoms with E-state index >= 15 is 0 Å². The average Bonchev–Trinajstić information content (AvgIpc) is 2.19. The standard InChI is InChI=1S/C9H8F3NO3/c1-4(8(14)15)5-2-7(16-9(11)12)13-3-6(5)10/h2-4,9H,1H3,(H,14,15). The normalized spacial score (nSPS) is 12.6. The maximum absolute atomic E-state index is 13.1. The first-order chi connectivity index (χ1) is 7.41. The summed E-state index contributed by atoms with van der Waals surface area (Å²) in [5, 5.41) is 8.66. The van der Waals surface area contributed by atoms with Crippen molar-refractivity contribution in [3.8, 4) is 5.88 Å². The second kappa shape index (κ2) is 4.82. The van der Waals surface area contributed by atoms with Crippen LogP contribution in [-0.2, 0) is 4.79 Å². The Morgan fingerprint density at radius 3 is 2.69 bits per heavy atom. The zero-order chi connectivity index (χ0) is 12.3. The van der Waals surface area contributed by atoms with Gasteiger partial charge in [-0.2, -0.15) is 8.78 Å². The van der Waals surface area contributed by atoms with Crippen LogP contribution in [0.3, 0.4) is 0 Å². The highest BCUT2D eigenvalue weighted by molar-refractivity contribution is 5.75. The highest BCUT2D eigenvalue weighted by Gasteiger charge is 2.20. The van der Waals surface area contributed by atoms with Crippen LogP contribution in [0.5, 0.6) is 5.88 Å². The van der Waals surface area contributed by atoms with Gasteiger partial charge in [0, 0.05) is 11.6 Å². The van der Waals surface area contributed by atoms with Gasteiger partial charge in [-0.25, -0.2) is 9.37 Å². The first-order valence-corrected chi connectivity index (χ1v) is 4.25. The van der Waals surface area contributed by atoms with E-state index in [1.807, 2.05) is 0 Å². The van der Waals surface area contributed by atoms with E-state index in [1.165, 1.54) is 6.92 Å². The van der Waals surface area contributed by atoms with Gasteiger partial charge in [-0.15, -0.1) is 0 Å². The van der Waals surface area contributed by atoms with Gasteiger partial charge in [0.2, 0.25) is 5.88 Å². The summed E-state index contributed by atoms with van der Waals surface area (Å²) in [6.07, 6.45) is 0.645. The number of hydrogen-bond donors (Lipinski definition) is 1. The van der Waals surface area contributed by atoms with Crippen molar-refractivity contribution in [1.82, 2.24) is 4.98 Å². The molecular weight excluding hydrogens is 227 g/mol. The highest BCUT2D eigenvalue weighted by atomic mass is 19.3. The predicted molar refractivity (Wildman–Crippen MR) is 46.9 cm³/mol. The van der Waals surface area contributed by atoms with Crippen molar-refractivity contribution < 1.29 is 27.8 Å². The number of aliphatic carboxylic acids is 1. The number of rotatable bonds is 4. The number of carboxylic acids is 1. The predicted octanol–water partition coefficient (Wildman–Crippen LogP) is 2.01.